The fourth-order valence-electron chi connectivity index (χ4n) is 2.76. The van der Waals surface area contributed by atoms with Gasteiger partial charge in [-0.25, -0.2) is 9.97 Å². The third-order valence-corrected chi connectivity index (χ3v) is 3.80. The first-order valence-corrected chi connectivity index (χ1v) is 7.60. The van der Waals surface area contributed by atoms with E-state index < -0.39 is 0 Å². The maximum atomic E-state index is 12.2. The van der Waals surface area contributed by atoms with E-state index in [1.54, 1.807) is 13.0 Å². The standard InChI is InChI=1S/C17H20N4O/c1-12-11-16(19-13(2)18-12)17(22)20-14-5-7-15(8-6-14)21-9-3-4-10-21/h5-8,11H,3-4,9-10H2,1-2H3,(H,20,22). The largest absolute Gasteiger partial charge is 0.372 e. The molecule has 2 aromatic rings. The summed E-state index contributed by atoms with van der Waals surface area (Å²) in [6.45, 7) is 5.88. The Balaban J connectivity index is 1.70. The second kappa shape index (κ2) is 6.13. The fraction of sp³-hybridized carbons (Fsp3) is 0.353. The number of aromatic nitrogens is 2. The Morgan fingerprint density at radius 1 is 1.09 bits per heavy atom. The molecule has 1 N–H and O–H groups in total. The van der Waals surface area contributed by atoms with Crippen molar-refractivity contribution in [2.75, 3.05) is 23.3 Å². The normalized spacial score (nSPS) is 14.2. The maximum Gasteiger partial charge on any atom is 0.274 e. The Kier molecular flexibility index (Phi) is 4.04. The molecule has 1 amide bonds. The van der Waals surface area contributed by atoms with Gasteiger partial charge in [-0.2, -0.15) is 0 Å². The monoisotopic (exact) mass is 296 g/mol. The van der Waals surface area contributed by atoms with Gasteiger partial charge in [0.25, 0.3) is 5.91 Å². The lowest BCUT2D eigenvalue weighted by Gasteiger charge is -2.17. The molecule has 3 rings (SSSR count). The SMILES string of the molecule is Cc1cc(C(=O)Nc2ccc(N3CCCC3)cc2)nc(C)n1. The van der Waals surface area contributed by atoms with Crippen LogP contribution in [0.3, 0.4) is 0 Å². The summed E-state index contributed by atoms with van der Waals surface area (Å²) in [6.07, 6.45) is 2.51. The molecule has 1 aromatic heterocycles. The number of nitrogens with zero attached hydrogens (tertiary/aromatic N) is 3. The van der Waals surface area contributed by atoms with Crippen LogP contribution >= 0.6 is 0 Å². The van der Waals surface area contributed by atoms with Gasteiger partial charge >= 0.3 is 0 Å². The summed E-state index contributed by atoms with van der Waals surface area (Å²) in [5.74, 6) is 0.400. The van der Waals surface area contributed by atoms with Crippen molar-refractivity contribution in [1.29, 1.82) is 0 Å². The molecule has 0 spiro atoms. The van der Waals surface area contributed by atoms with E-state index in [-0.39, 0.29) is 5.91 Å². The van der Waals surface area contributed by atoms with Gasteiger partial charge in [0.1, 0.15) is 11.5 Å². The smallest absolute Gasteiger partial charge is 0.274 e. The van der Waals surface area contributed by atoms with Gasteiger partial charge in [-0.1, -0.05) is 0 Å². The number of aryl methyl sites for hydroxylation is 2. The zero-order chi connectivity index (χ0) is 15.5. The van der Waals surface area contributed by atoms with E-state index in [0.29, 0.717) is 11.5 Å². The summed E-state index contributed by atoms with van der Waals surface area (Å²) in [6, 6.07) is 9.68. The summed E-state index contributed by atoms with van der Waals surface area (Å²) in [4.78, 5) is 23.0. The molecule has 0 unspecified atom stereocenters. The lowest BCUT2D eigenvalue weighted by Crippen LogP contribution is -2.18. The van der Waals surface area contributed by atoms with Crippen LogP contribution in [0.15, 0.2) is 30.3 Å². The van der Waals surface area contributed by atoms with Gasteiger partial charge in [-0.05, 0) is 57.0 Å². The van der Waals surface area contributed by atoms with Crippen molar-refractivity contribution in [3.05, 3.63) is 47.5 Å². The highest BCUT2D eigenvalue weighted by atomic mass is 16.1. The van der Waals surface area contributed by atoms with Crippen molar-refractivity contribution in [2.24, 2.45) is 0 Å². The van der Waals surface area contributed by atoms with Crippen molar-refractivity contribution in [2.45, 2.75) is 26.7 Å². The Morgan fingerprint density at radius 3 is 2.41 bits per heavy atom. The fourth-order valence-corrected chi connectivity index (χ4v) is 2.76. The number of anilines is 2. The minimum absolute atomic E-state index is 0.206. The van der Waals surface area contributed by atoms with Gasteiger partial charge in [-0.15, -0.1) is 0 Å². The molecule has 1 aliphatic heterocycles. The summed E-state index contributed by atoms with van der Waals surface area (Å²) < 4.78 is 0. The predicted octanol–water partition coefficient (Wildman–Crippen LogP) is 2.95. The molecule has 5 heteroatoms. The van der Waals surface area contributed by atoms with Crippen LogP contribution in [0.4, 0.5) is 11.4 Å². The molecule has 1 fully saturated rings. The zero-order valence-corrected chi connectivity index (χ0v) is 13.0. The van der Waals surface area contributed by atoms with Crippen LogP contribution in [0, 0.1) is 13.8 Å². The second-order valence-corrected chi connectivity index (χ2v) is 5.64. The summed E-state index contributed by atoms with van der Waals surface area (Å²) in [5, 5.41) is 2.88. The number of nitrogens with one attached hydrogen (secondary N) is 1. The Labute approximate surface area is 130 Å². The summed E-state index contributed by atoms with van der Waals surface area (Å²) in [7, 11) is 0. The van der Waals surface area contributed by atoms with Gasteiger partial charge in [-0.3, -0.25) is 4.79 Å². The average Bonchev–Trinajstić information content (AvgIpc) is 3.01. The number of carbonyl (C=O) groups excluding carboxylic acids is 1. The summed E-state index contributed by atoms with van der Waals surface area (Å²) in [5.41, 5.74) is 3.18. The molecule has 1 saturated heterocycles. The van der Waals surface area contributed by atoms with Crippen molar-refractivity contribution in [3.63, 3.8) is 0 Å². The molecule has 1 aromatic carbocycles. The third kappa shape index (κ3) is 3.24. The number of carbonyl (C=O) groups is 1. The number of rotatable bonds is 3. The number of amides is 1. The molecule has 22 heavy (non-hydrogen) atoms. The van der Waals surface area contributed by atoms with Gasteiger partial charge in [0, 0.05) is 30.2 Å². The van der Waals surface area contributed by atoms with Crippen molar-refractivity contribution < 1.29 is 4.79 Å². The van der Waals surface area contributed by atoms with Crippen molar-refractivity contribution in [3.8, 4) is 0 Å². The van der Waals surface area contributed by atoms with E-state index in [1.807, 2.05) is 19.1 Å². The van der Waals surface area contributed by atoms with Crippen LogP contribution in [-0.4, -0.2) is 29.0 Å². The Morgan fingerprint density at radius 2 is 1.77 bits per heavy atom. The van der Waals surface area contributed by atoms with Crippen LogP contribution in [0.2, 0.25) is 0 Å². The first-order chi connectivity index (χ1) is 10.6. The molecule has 114 valence electrons. The molecule has 2 heterocycles. The molecule has 0 aliphatic carbocycles. The van der Waals surface area contributed by atoms with E-state index in [0.717, 1.165) is 24.5 Å². The van der Waals surface area contributed by atoms with Crippen molar-refractivity contribution in [1.82, 2.24) is 9.97 Å². The Hall–Kier alpha value is -2.43. The lowest BCUT2D eigenvalue weighted by molar-refractivity contribution is 0.102. The first kappa shape index (κ1) is 14.5. The minimum Gasteiger partial charge on any atom is -0.372 e. The van der Waals surface area contributed by atoms with Crippen LogP contribution in [0.5, 0.6) is 0 Å². The van der Waals surface area contributed by atoms with E-state index in [9.17, 15) is 4.79 Å². The minimum atomic E-state index is -0.206. The van der Waals surface area contributed by atoms with Crippen LogP contribution in [-0.2, 0) is 0 Å². The second-order valence-electron chi connectivity index (χ2n) is 5.64. The molecule has 0 saturated carbocycles. The van der Waals surface area contributed by atoms with Crippen molar-refractivity contribution >= 4 is 17.3 Å². The molecule has 1 aliphatic rings. The van der Waals surface area contributed by atoms with Gasteiger partial charge in [0.15, 0.2) is 0 Å². The van der Waals surface area contributed by atoms with Crippen LogP contribution < -0.4 is 10.2 Å². The quantitative estimate of drug-likeness (QED) is 0.946. The zero-order valence-electron chi connectivity index (χ0n) is 13.0. The summed E-state index contributed by atoms with van der Waals surface area (Å²) >= 11 is 0. The molecular formula is C17H20N4O. The average molecular weight is 296 g/mol. The van der Waals surface area contributed by atoms with Gasteiger partial charge in [0.2, 0.25) is 0 Å². The molecular weight excluding hydrogens is 276 g/mol. The highest BCUT2D eigenvalue weighted by Crippen LogP contribution is 2.22. The van der Waals surface area contributed by atoms with Crippen LogP contribution in [0.25, 0.3) is 0 Å². The highest BCUT2D eigenvalue weighted by molar-refractivity contribution is 6.03. The topological polar surface area (TPSA) is 58.1 Å². The van der Waals surface area contributed by atoms with E-state index >= 15 is 0 Å². The van der Waals surface area contributed by atoms with Crippen LogP contribution in [0.1, 0.15) is 34.8 Å². The van der Waals surface area contributed by atoms with Gasteiger partial charge < -0.3 is 10.2 Å². The molecule has 0 bridgehead atoms. The van der Waals surface area contributed by atoms with E-state index in [4.69, 9.17) is 0 Å². The molecule has 0 atom stereocenters. The Bertz CT molecular complexity index is 655. The molecule has 5 nitrogen and oxygen atoms in total. The maximum absolute atomic E-state index is 12.2. The molecule has 0 radical (unpaired) electrons. The third-order valence-electron chi connectivity index (χ3n) is 3.80. The number of hydrogen-bond donors (Lipinski definition) is 1. The highest BCUT2D eigenvalue weighted by Gasteiger charge is 2.13. The first-order valence-electron chi connectivity index (χ1n) is 7.60. The van der Waals surface area contributed by atoms with E-state index in [2.05, 4.69) is 32.3 Å². The van der Waals surface area contributed by atoms with E-state index in [1.165, 1.54) is 18.5 Å². The number of benzene rings is 1. The predicted molar refractivity (Wildman–Crippen MR) is 87.3 cm³/mol. The number of hydrogen-bond acceptors (Lipinski definition) is 4. The van der Waals surface area contributed by atoms with Gasteiger partial charge in [0.05, 0.1) is 0 Å². The lowest BCUT2D eigenvalue weighted by atomic mass is 10.2.